The van der Waals surface area contributed by atoms with Crippen molar-refractivity contribution in [3.05, 3.63) is 40.9 Å². The first-order chi connectivity index (χ1) is 12.1. The van der Waals surface area contributed by atoms with E-state index in [1.54, 1.807) is 12.1 Å². The molecule has 0 aromatic heterocycles. The summed E-state index contributed by atoms with van der Waals surface area (Å²) in [6.45, 7) is 9.70. The number of Topliss-reactive ketones (excluding diaryl/α,β-unsaturated/α-hetero) is 1. The molecule has 1 aromatic rings. The minimum absolute atomic E-state index is 0.0170. The number of carbonyl (C=O) groups excluding carboxylic acids is 2. The second-order valence-corrected chi connectivity index (χ2v) is 7.47. The Morgan fingerprint density at radius 3 is 2.12 bits per heavy atom. The molecule has 3 N–H and O–H groups in total. The lowest BCUT2D eigenvalue weighted by Gasteiger charge is -2.32. The van der Waals surface area contributed by atoms with Crippen LogP contribution in [0.25, 0.3) is 6.08 Å². The molecule has 0 radical (unpaired) electrons. The molecule has 1 amide bonds. The molecule has 0 atom stereocenters. The quantitative estimate of drug-likeness (QED) is 0.599. The molecule has 26 heavy (non-hydrogen) atoms. The van der Waals surface area contributed by atoms with Crippen molar-refractivity contribution < 1.29 is 18.9 Å². The first-order valence-corrected chi connectivity index (χ1v) is 8.69. The van der Waals surface area contributed by atoms with Crippen LogP contribution in [0.1, 0.15) is 50.5 Å². The number of amides is 1. The SMILES string of the molecule is CC(=O)NCC(=Cc1ccc(C(=O)CN)cc1)B1OC(C)(C)C(C)(C)O1. The van der Waals surface area contributed by atoms with Gasteiger partial charge in [0.1, 0.15) is 0 Å². The van der Waals surface area contributed by atoms with Gasteiger partial charge in [-0.25, -0.2) is 0 Å². The molecular formula is C19H27BN2O4. The maximum absolute atomic E-state index is 11.6. The van der Waals surface area contributed by atoms with Crippen molar-refractivity contribution in [2.24, 2.45) is 5.73 Å². The fraction of sp³-hybridized carbons (Fsp3) is 0.474. The van der Waals surface area contributed by atoms with Crippen molar-refractivity contribution in [2.75, 3.05) is 13.1 Å². The predicted molar refractivity (Wildman–Crippen MR) is 103 cm³/mol. The van der Waals surface area contributed by atoms with E-state index in [1.165, 1.54) is 6.92 Å². The first-order valence-electron chi connectivity index (χ1n) is 8.69. The highest BCUT2D eigenvalue weighted by molar-refractivity contribution is 6.56. The van der Waals surface area contributed by atoms with Crippen molar-refractivity contribution in [1.82, 2.24) is 5.32 Å². The zero-order valence-corrected chi connectivity index (χ0v) is 16.1. The predicted octanol–water partition coefficient (Wildman–Crippen LogP) is 1.98. The molecule has 0 spiro atoms. The molecular weight excluding hydrogens is 331 g/mol. The van der Waals surface area contributed by atoms with Gasteiger partial charge in [-0.2, -0.15) is 0 Å². The van der Waals surface area contributed by atoms with E-state index in [1.807, 2.05) is 45.9 Å². The van der Waals surface area contributed by atoms with E-state index in [2.05, 4.69) is 5.32 Å². The summed E-state index contributed by atoms with van der Waals surface area (Å²) in [7, 11) is -0.558. The fourth-order valence-corrected chi connectivity index (χ4v) is 2.52. The number of hydrogen-bond donors (Lipinski definition) is 2. The number of hydrogen-bond acceptors (Lipinski definition) is 5. The average Bonchev–Trinajstić information content (AvgIpc) is 2.78. The first kappa shape index (κ1) is 20.4. The Hall–Kier alpha value is -1.96. The van der Waals surface area contributed by atoms with Crippen LogP contribution in [0.4, 0.5) is 0 Å². The van der Waals surface area contributed by atoms with Gasteiger partial charge in [0.15, 0.2) is 5.78 Å². The lowest BCUT2D eigenvalue weighted by atomic mass is 9.77. The van der Waals surface area contributed by atoms with E-state index in [-0.39, 0.29) is 18.2 Å². The van der Waals surface area contributed by atoms with Gasteiger partial charge in [0, 0.05) is 19.0 Å². The van der Waals surface area contributed by atoms with Gasteiger partial charge in [-0.3, -0.25) is 9.59 Å². The Bertz CT molecular complexity index is 695. The van der Waals surface area contributed by atoms with Crippen molar-refractivity contribution >= 4 is 24.9 Å². The van der Waals surface area contributed by atoms with E-state index in [0.29, 0.717) is 12.1 Å². The molecule has 1 heterocycles. The largest absolute Gasteiger partial charge is 0.492 e. The molecule has 0 bridgehead atoms. The molecule has 1 fully saturated rings. The minimum atomic E-state index is -0.558. The second-order valence-electron chi connectivity index (χ2n) is 7.47. The number of nitrogens with one attached hydrogen (secondary N) is 1. The highest BCUT2D eigenvalue weighted by Crippen LogP contribution is 2.38. The molecule has 0 saturated carbocycles. The topological polar surface area (TPSA) is 90.7 Å². The van der Waals surface area contributed by atoms with E-state index >= 15 is 0 Å². The number of benzene rings is 1. The summed E-state index contributed by atoms with van der Waals surface area (Å²) in [4.78, 5) is 23.0. The zero-order chi connectivity index (χ0) is 19.5. The second kappa shape index (κ2) is 7.74. The van der Waals surface area contributed by atoms with Gasteiger partial charge in [-0.15, -0.1) is 0 Å². The number of ketones is 1. The third-order valence-corrected chi connectivity index (χ3v) is 4.87. The molecule has 1 aliphatic rings. The van der Waals surface area contributed by atoms with Crippen molar-refractivity contribution in [1.29, 1.82) is 0 Å². The Morgan fingerprint density at radius 1 is 1.12 bits per heavy atom. The summed E-state index contributed by atoms with van der Waals surface area (Å²) < 4.78 is 12.2. The number of rotatable bonds is 6. The smallest absolute Gasteiger partial charge is 0.400 e. The Kier molecular flexibility index (Phi) is 6.06. The molecule has 2 rings (SSSR count). The van der Waals surface area contributed by atoms with Gasteiger partial charge in [-0.05, 0) is 38.7 Å². The van der Waals surface area contributed by atoms with Crippen LogP contribution in [0, 0.1) is 0 Å². The molecule has 7 heteroatoms. The van der Waals surface area contributed by atoms with E-state index in [0.717, 1.165) is 11.0 Å². The molecule has 1 saturated heterocycles. The standard InChI is InChI=1S/C19H27BN2O4/c1-13(23)22-12-16(20-25-18(2,3)19(4,5)26-20)10-14-6-8-15(9-7-14)17(24)11-21/h6-10H,11-12,21H2,1-5H3,(H,22,23). The Balaban J connectivity index is 2.28. The average molecular weight is 358 g/mol. The maximum atomic E-state index is 11.6. The van der Waals surface area contributed by atoms with Gasteiger partial charge in [0.25, 0.3) is 0 Å². The zero-order valence-electron chi connectivity index (χ0n) is 16.1. The third kappa shape index (κ3) is 4.61. The highest BCUT2D eigenvalue weighted by Gasteiger charge is 2.52. The third-order valence-electron chi connectivity index (χ3n) is 4.87. The van der Waals surface area contributed by atoms with E-state index in [4.69, 9.17) is 15.0 Å². The summed E-state index contributed by atoms with van der Waals surface area (Å²) in [6, 6.07) is 7.15. The van der Waals surface area contributed by atoms with Gasteiger partial charge in [0.05, 0.1) is 17.7 Å². The van der Waals surface area contributed by atoms with E-state index < -0.39 is 18.3 Å². The minimum Gasteiger partial charge on any atom is -0.400 e. The molecule has 0 aliphatic carbocycles. The lowest BCUT2D eigenvalue weighted by Crippen LogP contribution is -2.41. The monoisotopic (exact) mass is 358 g/mol. The highest BCUT2D eigenvalue weighted by atomic mass is 16.7. The van der Waals surface area contributed by atoms with Crippen molar-refractivity contribution in [3.8, 4) is 0 Å². The molecule has 1 aromatic carbocycles. The van der Waals surface area contributed by atoms with Crippen LogP contribution in [0.15, 0.2) is 29.7 Å². The Morgan fingerprint density at radius 2 is 1.65 bits per heavy atom. The normalized spacial score (nSPS) is 18.7. The van der Waals surface area contributed by atoms with Crippen molar-refractivity contribution in [2.45, 2.75) is 45.8 Å². The summed E-state index contributed by atoms with van der Waals surface area (Å²) in [5.74, 6) is -0.235. The summed E-state index contributed by atoms with van der Waals surface area (Å²) in [5, 5.41) is 2.80. The van der Waals surface area contributed by atoms with Gasteiger partial charge in [-0.1, -0.05) is 30.3 Å². The van der Waals surface area contributed by atoms with Crippen LogP contribution in [-0.4, -0.2) is 43.1 Å². The Labute approximate surface area is 155 Å². The van der Waals surface area contributed by atoms with Crippen LogP contribution < -0.4 is 11.1 Å². The number of carbonyl (C=O) groups is 2. The summed E-state index contributed by atoms with van der Waals surface area (Å²) in [6.07, 6.45) is 1.91. The van der Waals surface area contributed by atoms with Gasteiger partial charge in [0.2, 0.25) is 5.91 Å². The maximum Gasteiger partial charge on any atom is 0.492 e. The number of nitrogens with two attached hydrogens (primary N) is 1. The molecule has 0 unspecified atom stereocenters. The van der Waals surface area contributed by atoms with Gasteiger partial charge >= 0.3 is 7.12 Å². The summed E-state index contributed by atoms with van der Waals surface area (Å²) in [5.41, 5.74) is 6.71. The molecule has 1 aliphatic heterocycles. The van der Waals surface area contributed by atoms with Crippen LogP contribution in [0.3, 0.4) is 0 Å². The molecule has 140 valence electrons. The fourth-order valence-electron chi connectivity index (χ4n) is 2.52. The van der Waals surface area contributed by atoms with Crippen LogP contribution >= 0.6 is 0 Å². The van der Waals surface area contributed by atoms with Gasteiger partial charge < -0.3 is 20.4 Å². The van der Waals surface area contributed by atoms with Crippen molar-refractivity contribution in [3.63, 3.8) is 0 Å². The summed E-state index contributed by atoms with van der Waals surface area (Å²) >= 11 is 0. The molecule has 6 nitrogen and oxygen atoms in total. The van der Waals surface area contributed by atoms with Crippen LogP contribution in [-0.2, 0) is 14.1 Å². The van der Waals surface area contributed by atoms with Crippen LogP contribution in [0.5, 0.6) is 0 Å². The lowest BCUT2D eigenvalue weighted by molar-refractivity contribution is -0.118. The van der Waals surface area contributed by atoms with E-state index in [9.17, 15) is 9.59 Å². The van der Waals surface area contributed by atoms with Crippen LogP contribution in [0.2, 0.25) is 0 Å².